The molecular weight excluding hydrogens is 312 g/mol. The number of nitro benzene ring substituents is 1. The van der Waals surface area contributed by atoms with Crippen molar-refractivity contribution in [3.05, 3.63) is 61.3 Å². The van der Waals surface area contributed by atoms with Gasteiger partial charge in [0.15, 0.2) is 0 Å². The summed E-state index contributed by atoms with van der Waals surface area (Å²) in [7, 11) is 0. The van der Waals surface area contributed by atoms with Crippen molar-refractivity contribution in [2.24, 2.45) is 0 Å². The van der Waals surface area contributed by atoms with E-state index in [-0.39, 0.29) is 10.7 Å². The normalized spacial score (nSPS) is 13.9. The molecule has 1 heterocycles. The van der Waals surface area contributed by atoms with Gasteiger partial charge in [-0.15, -0.1) is 11.3 Å². The minimum Gasteiger partial charge on any atom is -0.383 e. The Balaban J connectivity index is 1.98. The van der Waals surface area contributed by atoms with Gasteiger partial charge in [0.1, 0.15) is 10.6 Å². The third kappa shape index (κ3) is 4.01. The predicted octanol–water partition coefficient (Wildman–Crippen LogP) is 3.31. The Morgan fingerprint density at radius 2 is 2.24 bits per heavy atom. The molecule has 2 aromatic rings. The lowest BCUT2D eigenvalue weighted by Crippen LogP contribution is -2.34. The number of halogens is 1. The summed E-state index contributed by atoms with van der Waals surface area (Å²) in [6.45, 7) is 2.50. The fourth-order valence-corrected chi connectivity index (χ4v) is 2.90. The van der Waals surface area contributed by atoms with Gasteiger partial charge in [-0.2, -0.15) is 0 Å². The minimum atomic E-state index is -0.966. The highest BCUT2D eigenvalue weighted by molar-refractivity contribution is 7.10. The minimum absolute atomic E-state index is 0.110. The number of nitro groups is 1. The summed E-state index contributed by atoms with van der Waals surface area (Å²) in [5, 5.41) is 26.3. The van der Waals surface area contributed by atoms with Crippen LogP contribution in [-0.4, -0.2) is 16.6 Å². The molecular formula is C14H15ClN2O3S. The second-order valence-corrected chi connectivity index (χ2v) is 6.25. The van der Waals surface area contributed by atoms with Crippen LogP contribution in [0.15, 0.2) is 35.7 Å². The van der Waals surface area contributed by atoms with Crippen molar-refractivity contribution in [3.8, 4) is 0 Å². The van der Waals surface area contributed by atoms with Crippen LogP contribution >= 0.6 is 22.9 Å². The first-order chi connectivity index (χ1) is 9.90. The average molecular weight is 327 g/mol. The Hall–Kier alpha value is -1.47. The molecule has 21 heavy (non-hydrogen) atoms. The molecule has 0 saturated carbocycles. The van der Waals surface area contributed by atoms with E-state index in [9.17, 15) is 15.2 Å². The van der Waals surface area contributed by atoms with Gasteiger partial charge in [-0.25, -0.2) is 0 Å². The summed E-state index contributed by atoms with van der Waals surface area (Å²) in [5.41, 5.74) is -0.332. The van der Waals surface area contributed by atoms with Crippen LogP contribution in [0.5, 0.6) is 0 Å². The number of benzene rings is 1. The lowest BCUT2D eigenvalue weighted by molar-refractivity contribution is -0.384. The largest absolute Gasteiger partial charge is 0.383 e. The van der Waals surface area contributed by atoms with Crippen LogP contribution in [0.3, 0.4) is 0 Å². The van der Waals surface area contributed by atoms with Crippen LogP contribution in [0.25, 0.3) is 0 Å². The Bertz CT molecular complexity index is 629. The molecule has 112 valence electrons. The topological polar surface area (TPSA) is 75.4 Å². The van der Waals surface area contributed by atoms with Gasteiger partial charge >= 0.3 is 0 Å². The molecule has 0 saturated heterocycles. The molecule has 0 amide bonds. The zero-order chi connectivity index (χ0) is 15.5. The maximum atomic E-state index is 10.8. The zero-order valence-electron chi connectivity index (χ0n) is 11.4. The average Bonchev–Trinajstić information content (AvgIpc) is 2.95. The van der Waals surface area contributed by atoms with Crippen molar-refractivity contribution in [2.45, 2.75) is 19.1 Å². The third-order valence-electron chi connectivity index (χ3n) is 3.06. The highest BCUT2D eigenvalue weighted by Gasteiger charge is 2.23. The third-order valence-corrected chi connectivity index (χ3v) is 4.50. The van der Waals surface area contributed by atoms with Crippen LogP contribution in [0.4, 0.5) is 5.69 Å². The second-order valence-electron chi connectivity index (χ2n) is 4.90. The van der Waals surface area contributed by atoms with Crippen LogP contribution in [0.2, 0.25) is 5.02 Å². The van der Waals surface area contributed by atoms with Crippen molar-refractivity contribution in [2.75, 3.05) is 6.54 Å². The molecule has 0 aliphatic heterocycles. The molecule has 2 rings (SSSR count). The molecule has 0 aliphatic carbocycles. The van der Waals surface area contributed by atoms with Crippen molar-refractivity contribution < 1.29 is 10.0 Å². The van der Waals surface area contributed by atoms with Crippen LogP contribution < -0.4 is 5.32 Å². The van der Waals surface area contributed by atoms with Gasteiger partial charge in [0.05, 0.1) is 4.92 Å². The van der Waals surface area contributed by atoms with Crippen LogP contribution in [0, 0.1) is 10.1 Å². The van der Waals surface area contributed by atoms with Gasteiger partial charge in [-0.05, 0) is 30.0 Å². The summed E-state index contributed by atoms with van der Waals surface area (Å²) in [5.74, 6) is 0. The first kappa shape index (κ1) is 15.9. The second kappa shape index (κ2) is 6.53. The molecule has 0 spiro atoms. The molecule has 5 nitrogen and oxygen atoms in total. The quantitative estimate of drug-likeness (QED) is 0.631. The number of hydrogen-bond acceptors (Lipinski definition) is 5. The maximum Gasteiger partial charge on any atom is 0.288 e. The molecule has 2 N–H and O–H groups in total. The fourth-order valence-electron chi connectivity index (χ4n) is 1.93. The van der Waals surface area contributed by atoms with E-state index in [1.807, 2.05) is 17.5 Å². The van der Waals surface area contributed by atoms with E-state index in [4.69, 9.17) is 11.6 Å². The number of aliphatic hydroxyl groups is 1. The van der Waals surface area contributed by atoms with Gasteiger partial charge in [-0.3, -0.25) is 10.1 Å². The number of hydrogen-bond donors (Lipinski definition) is 2. The summed E-state index contributed by atoms with van der Waals surface area (Å²) < 4.78 is 0. The van der Waals surface area contributed by atoms with Gasteiger partial charge < -0.3 is 10.4 Å². The number of thiophene rings is 1. The number of nitrogens with zero attached hydrogens (tertiary/aromatic N) is 1. The Labute approximate surface area is 131 Å². The summed E-state index contributed by atoms with van der Waals surface area (Å²) >= 11 is 7.25. The fraction of sp³-hybridized carbons (Fsp3) is 0.286. The molecule has 0 fully saturated rings. The maximum absolute atomic E-state index is 10.8. The molecule has 0 bridgehead atoms. The Morgan fingerprint density at radius 3 is 2.86 bits per heavy atom. The van der Waals surface area contributed by atoms with E-state index in [2.05, 4.69) is 5.32 Å². The van der Waals surface area contributed by atoms with E-state index >= 15 is 0 Å². The van der Waals surface area contributed by atoms with Crippen molar-refractivity contribution >= 4 is 28.6 Å². The van der Waals surface area contributed by atoms with Gasteiger partial charge in [0.25, 0.3) is 5.69 Å². The van der Waals surface area contributed by atoms with Gasteiger partial charge in [-0.1, -0.05) is 23.7 Å². The molecule has 1 aromatic heterocycles. The lowest BCUT2D eigenvalue weighted by Gasteiger charge is -2.22. The lowest BCUT2D eigenvalue weighted by atomic mass is 10.1. The van der Waals surface area contributed by atoms with Gasteiger partial charge in [0, 0.05) is 24.0 Å². The molecule has 0 aliphatic rings. The molecule has 1 atom stereocenters. The van der Waals surface area contributed by atoms with E-state index in [1.54, 1.807) is 13.0 Å². The van der Waals surface area contributed by atoms with E-state index in [1.165, 1.54) is 23.5 Å². The van der Waals surface area contributed by atoms with Crippen molar-refractivity contribution in [1.29, 1.82) is 0 Å². The highest BCUT2D eigenvalue weighted by Crippen LogP contribution is 2.26. The molecule has 0 radical (unpaired) electrons. The smallest absolute Gasteiger partial charge is 0.288 e. The number of nitrogens with one attached hydrogen (secondary N) is 1. The van der Waals surface area contributed by atoms with Crippen LogP contribution in [-0.2, 0) is 12.1 Å². The van der Waals surface area contributed by atoms with Crippen molar-refractivity contribution in [3.63, 3.8) is 0 Å². The summed E-state index contributed by atoms with van der Waals surface area (Å²) in [6, 6.07) is 8.43. The van der Waals surface area contributed by atoms with E-state index in [0.29, 0.717) is 13.1 Å². The zero-order valence-corrected chi connectivity index (χ0v) is 12.9. The van der Waals surface area contributed by atoms with Crippen LogP contribution in [0.1, 0.15) is 17.4 Å². The highest BCUT2D eigenvalue weighted by atomic mass is 35.5. The molecule has 7 heteroatoms. The Morgan fingerprint density at radius 1 is 1.48 bits per heavy atom. The predicted molar refractivity (Wildman–Crippen MR) is 83.7 cm³/mol. The summed E-state index contributed by atoms with van der Waals surface area (Å²) in [6.07, 6.45) is 0. The standard InChI is InChI=1S/C14H15ClN2O3S/c1-14(18,13-3-2-6-21-13)9-16-8-10-4-5-11(15)12(7-10)17(19)20/h2-7,16,18H,8-9H2,1H3. The first-order valence-corrected chi connectivity index (χ1v) is 7.56. The van der Waals surface area contributed by atoms with Crippen molar-refractivity contribution in [1.82, 2.24) is 5.32 Å². The van der Waals surface area contributed by atoms with E-state index in [0.717, 1.165) is 10.4 Å². The van der Waals surface area contributed by atoms with Gasteiger partial charge in [0.2, 0.25) is 0 Å². The van der Waals surface area contributed by atoms with E-state index < -0.39 is 10.5 Å². The summed E-state index contributed by atoms with van der Waals surface area (Å²) in [4.78, 5) is 11.2. The first-order valence-electron chi connectivity index (χ1n) is 6.30. The molecule has 1 aromatic carbocycles. The molecule has 1 unspecified atom stereocenters. The SMILES string of the molecule is CC(O)(CNCc1ccc(Cl)c([N+](=O)[O-])c1)c1cccs1. The number of rotatable bonds is 6. The Kier molecular flexibility index (Phi) is 4.95. The monoisotopic (exact) mass is 326 g/mol.